The predicted molar refractivity (Wildman–Crippen MR) is 119 cm³/mol. The number of primary amides is 1. The maximum absolute atomic E-state index is 12.5. The number of amides is 2. The zero-order chi connectivity index (χ0) is 21.9. The maximum atomic E-state index is 12.5. The number of aromatic hydroxyl groups is 1. The van der Waals surface area contributed by atoms with E-state index in [4.69, 9.17) is 5.73 Å². The Hall–Kier alpha value is -3.13. The number of thioether (sulfide) groups is 1. The first-order chi connectivity index (χ1) is 14.2. The van der Waals surface area contributed by atoms with Gasteiger partial charge in [-0.2, -0.15) is 0 Å². The second kappa shape index (κ2) is 8.71. The summed E-state index contributed by atoms with van der Waals surface area (Å²) in [6.45, 7) is 6.30. The topological polar surface area (TPSA) is 110 Å². The molecule has 0 saturated heterocycles. The minimum Gasteiger partial charge on any atom is -0.493 e. The molecule has 0 radical (unpaired) electrons. The zero-order valence-electron chi connectivity index (χ0n) is 17.1. The molecule has 0 unspecified atom stereocenters. The van der Waals surface area contributed by atoms with Crippen LogP contribution in [-0.4, -0.2) is 27.2 Å². The van der Waals surface area contributed by atoms with Gasteiger partial charge in [0.25, 0.3) is 5.91 Å². The lowest BCUT2D eigenvalue weighted by Gasteiger charge is -2.18. The molecular weight excluding hydrogens is 400 g/mol. The standard InChI is InChI=1S/C22H24N4O3S/c1-22(2,3)15-10-8-14(9-11-15)20(28)25-24-19-16-6-4-5-7-17(16)26(21(19)29)13-30-12-18(23)27/h4-11,29H,12-13H2,1-3H3,(H2,23,27). The molecule has 0 aliphatic rings. The van der Waals surface area contributed by atoms with Gasteiger partial charge in [-0.05, 0) is 29.2 Å². The van der Waals surface area contributed by atoms with Crippen LogP contribution in [0.15, 0.2) is 58.8 Å². The van der Waals surface area contributed by atoms with E-state index in [0.717, 1.165) is 11.1 Å². The SMILES string of the molecule is CC(C)(C)c1ccc(C(=O)N=Nc2c(O)n(CSCC(N)=O)c3ccccc23)cc1. The number of carbonyl (C=O) groups excluding carboxylic acids is 2. The summed E-state index contributed by atoms with van der Waals surface area (Å²) in [4.78, 5) is 23.5. The van der Waals surface area contributed by atoms with Crippen molar-refractivity contribution in [1.82, 2.24) is 4.57 Å². The smallest absolute Gasteiger partial charge is 0.295 e. The Morgan fingerprint density at radius 3 is 2.40 bits per heavy atom. The number of azo groups is 1. The molecule has 8 heteroatoms. The summed E-state index contributed by atoms with van der Waals surface area (Å²) in [7, 11) is 0. The lowest BCUT2D eigenvalue weighted by molar-refractivity contribution is -0.115. The highest BCUT2D eigenvalue weighted by atomic mass is 32.2. The van der Waals surface area contributed by atoms with Crippen molar-refractivity contribution in [2.75, 3.05) is 5.75 Å². The Kier molecular flexibility index (Phi) is 6.26. The van der Waals surface area contributed by atoms with Crippen molar-refractivity contribution in [1.29, 1.82) is 0 Å². The molecule has 30 heavy (non-hydrogen) atoms. The van der Waals surface area contributed by atoms with Gasteiger partial charge in [0.1, 0.15) is 0 Å². The van der Waals surface area contributed by atoms with Gasteiger partial charge in [-0.3, -0.25) is 9.59 Å². The van der Waals surface area contributed by atoms with E-state index >= 15 is 0 Å². The van der Waals surface area contributed by atoms with E-state index in [1.54, 1.807) is 22.8 Å². The molecule has 3 aromatic rings. The van der Waals surface area contributed by atoms with Gasteiger partial charge in [0.05, 0.1) is 17.1 Å². The van der Waals surface area contributed by atoms with Gasteiger partial charge in [-0.15, -0.1) is 22.0 Å². The molecule has 3 rings (SSSR count). The van der Waals surface area contributed by atoms with Gasteiger partial charge >= 0.3 is 0 Å². The second-order valence-electron chi connectivity index (χ2n) is 7.89. The molecule has 1 aromatic heterocycles. The highest BCUT2D eigenvalue weighted by Gasteiger charge is 2.18. The molecule has 2 aromatic carbocycles. The van der Waals surface area contributed by atoms with E-state index in [-0.39, 0.29) is 22.7 Å². The molecule has 1 heterocycles. The summed E-state index contributed by atoms with van der Waals surface area (Å²) in [5.41, 5.74) is 7.65. The lowest BCUT2D eigenvalue weighted by Crippen LogP contribution is -2.13. The van der Waals surface area contributed by atoms with Crippen LogP contribution in [0.2, 0.25) is 0 Å². The summed E-state index contributed by atoms with van der Waals surface area (Å²) in [6.07, 6.45) is 0. The van der Waals surface area contributed by atoms with Gasteiger partial charge < -0.3 is 15.4 Å². The summed E-state index contributed by atoms with van der Waals surface area (Å²) in [6, 6.07) is 14.5. The second-order valence-corrected chi connectivity index (χ2v) is 8.85. The van der Waals surface area contributed by atoms with E-state index < -0.39 is 11.8 Å². The van der Waals surface area contributed by atoms with Crippen molar-refractivity contribution in [2.24, 2.45) is 16.0 Å². The first-order valence-electron chi connectivity index (χ1n) is 9.41. The highest BCUT2D eigenvalue weighted by Crippen LogP contribution is 2.39. The van der Waals surface area contributed by atoms with Crippen LogP contribution in [0.4, 0.5) is 5.69 Å². The number of hydrogen-bond donors (Lipinski definition) is 2. The maximum Gasteiger partial charge on any atom is 0.295 e. The van der Waals surface area contributed by atoms with Crippen molar-refractivity contribution >= 4 is 40.2 Å². The minimum atomic E-state index is -0.491. The van der Waals surface area contributed by atoms with Crippen LogP contribution >= 0.6 is 11.8 Å². The molecule has 0 spiro atoms. The van der Waals surface area contributed by atoms with Crippen LogP contribution in [0.3, 0.4) is 0 Å². The van der Waals surface area contributed by atoms with Crippen molar-refractivity contribution in [2.45, 2.75) is 32.1 Å². The first-order valence-corrected chi connectivity index (χ1v) is 10.6. The largest absolute Gasteiger partial charge is 0.493 e. The van der Waals surface area contributed by atoms with E-state index in [1.165, 1.54) is 11.8 Å². The Morgan fingerprint density at radius 1 is 1.10 bits per heavy atom. The summed E-state index contributed by atoms with van der Waals surface area (Å²) < 4.78 is 1.61. The zero-order valence-corrected chi connectivity index (χ0v) is 17.9. The molecule has 0 aliphatic carbocycles. The summed E-state index contributed by atoms with van der Waals surface area (Å²) in [5.74, 6) is -0.597. The number of benzene rings is 2. The van der Waals surface area contributed by atoms with Crippen LogP contribution in [0, 0.1) is 0 Å². The van der Waals surface area contributed by atoms with E-state index in [0.29, 0.717) is 16.8 Å². The average molecular weight is 425 g/mol. The molecule has 0 aliphatic heterocycles. The third-order valence-electron chi connectivity index (χ3n) is 4.62. The normalized spacial score (nSPS) is 12.0. The van der Waals surface area contributed by atoms with Crippen molar-refractivity contribution in [3.63, 3.8) is 0 Å². The van der Waals surface area contributed by atoms with Gasteiger partial charge in [0.2, 0.25) is 11.8 Å². The summed E-state index contributed by atoms with van der Waals surface area (Å²) in [5, 5.41) is 19.2. The molecule has 0 bridgehead atoms. The van der Waals surface area contributed by atoms with E-state index in [2.05, 4.69) is 31.0 Å². The first kappa shape index (κ1) is 21.6. The minimum absolute atomic E-state index is 0.0107. The van der Waals surface area contributed by atoms with Crippen LogP contribution in [0.1, 0.15) is 36.7 Å². The van der Waals surface area contributed by atoms with Crippen LogP contribution < -0.4 is 5.73 Å². The molecule has 0 fully saturated rings. The molecule has 0 atom stereocenters. The van der Waals surface area contributed by atoms with Crippen molar-refractivity contribution < 1.29 is 14.7 Å². The number of para-hydroxylation sites is 1. The molecule has 156 valence electrons. The quantitative estimate of drug-likeness (QED) is 0.557. The molecule has 7 nitrogen and oxygen atoms in total. The van der Waals surface area contributed by atoms with Gasteiger partial charge in [-0.25, -0.2) is 0 Å². The van der Waals surface area contributed by atoms with Crippen LogP contribution in [0.25, 0.3) is 10.9 Å². The van der Waals surface area contributed by atoms with Crippen LogP contribution in [0.5, 0.6) is 5.88 Å². The number of aromatic nitrogens is 1. The molecule has 3 N–H and O–H groups in total. The van der Waals surface area contributed by atoms with Gasteiger partial charge in [0, 0.05) is 10.9 Å². The fraction of sp³-hybridized carbons (Fsp3) is 0.273. The highest BCUT2D eigenvalue weighted by molar-refractivity contribution is 7.99. The number of rotatable bonds is 6. The van der Waals surface area contributed by atoms with Crippen LogP contribution in [-0.2, 0) is 16.1 Å². The monoisotopic (exact) mass is 424 g/mol. The number of fused-ring (bicyclic) bond motifs is 1. The Morgan fingerprint density at radius 2 is 1.77 bits per heavy atom. The third-order valence-corrected chi connectivity index (χ3v) is 5.55. The third kappa shape index (κ3) is 4.71. The average Bonchev–Trinajstić information content (AvgIpc) is 2.96. The van der Waals surface area contributed by atoms with Crippen molar-refractivity contribution in [3.05, 3.63) is 59.7 Å². The number of carbonyl (C=O) groups is 2. The fourth-order valence-corrected chi connectivity index (χ4v) is 3.74. The van der Waals surface area contributed by atoms with Gasteiger partial charge in [-0.1, -0.05) is 51.1 Å². The predicted octanol–water partition coefficient (Wildman–Crippen LogP) is 4.74. The number of nitrogens with two attached hydrogens (primary N) is 1. The number of nitrogens with zero attached hydrogens (tertiary/aromatic N) is 3. The lowest BCUT2D eigenvalue weighted by atomic mass is 9.87. The van der Waals surface area contributed by atoms with E-state index in [1.807, 2.05) is 30.3 Å². The molecule has 2 amide bonds. The Balaban J connectivity index is 1.87. The molecule has 0 saturated carbocycles. The van der Waals surface area contributed by atoms with Gasteiger partial charge in [0.15, 0.2) is 5.69 Å². The summed E-state index contributed by atoms with van der Waals surface area (Å²) >= 11 is 1.27. The molecular formula is C22H24N4O3S. The Bertz CT molecular complexity index is 1110. The Labute approximate surface area is 179 Å². The van der Waals surface area contributed by atoms with Crippen molar-refractivity contribution in [3.8, 4) is 5.88 Å². The van der Waals surface area contributed by atoms with E-state index in [9.17, 15) is 14.7 Å². The number of hydrogen-bond acceptors (Lipinski definition) is 5. The fourth-order valence-electron chi connectivity index (χ4n) is 3.00.